The lowest BCUT2D eigenvalue weighted by Gasteiger charge is -2.38. The van der Waals surface area contributed by atoms with E-state index in [-0.39, 0.29) is 0 Å². The van der Waals surface area contributed by atoms with Gasteiger partial charge in [0.1, 0.15) is 0 Å². The van der Waals surface area contributed by atoms with Crippen molar-refractivity contribution in [3.8, 4) is 0 Å². The second-order valence-corrected chi connectivity index (χ2v) is 5.27. The molecular formula is C15H23N3O. The number of carbonyl (C=O) groups excluding carboxylic acids is 1. The van der Waals surface area contributed by atoms with Crippen molar-refractivity contribution in [1.29, 1.82) is 0 Å². The Kier molecular flexibility index (Phi) is 4.30. The lowest BCUT2D eigenvalue weighted by Crippen LogP contribution is -2.39. The van der Waals surface area contributed by atoms with Crippen molar-refractivity contribution in [3.05, 3.63) is 23.8 Å². The highest BCUT2D eigenvalue weighted by Crippen LogP contribution is 2.31. The Labute approximate surface area is 114 Å². The zero-order valence-corrected chi connectivity index (χ0v) is 11.6. The number of hydrogen-bond donors (Lipinski definition) is 2. The first-order valence-corrected chi connectivity index (χ1v) is 7.09. The average molecular weight is 261 g/mol. The van der Waals surface area contributed by atoms with E-state index >= 15 is 0 Å². The van der Waals surface area contributed by atoms with Crippen LogP contribution in [0.1, 0.15) is 49.4 Å². The van der Waals surface area contributed by atoms with E-state index in [1.54, 1.807) is 12.1 Å². The third-order valence-corrected chi connectivity index (χ3v) is 3.87. The van der Waals surface area contributed by atoms with Crippen molar-refractivity contribution in [3.63, 3.8) is 0 Å². The van der Waals surface area contributed by atoms with Gasteiger partial charge in [-0.15, -0.1) is 0 Å². The third kappa shape index (κ3) is 3.00. The van der Waals surface area contributed by atoms with Crippen LogP contribution in [0.5, 0.6) is 0 Å². The van der Waals surface area contributed by atoms with E-state index in [0.717, 1.165) is 12.2 Å². The predicted octanol–water partition coefficient (Wildman–Crippen LogP) is 2.53. The normalized spacial score (nSPS) is 19.4. The van der Waals surface area contributed by atoms with Crippen molar-refractivity contribution in [2.24, 2.45) is 5.73 Å². The first kappa shape index (κ1) is 13.7. The zero-order valence-electron chi connectivity index (χ0n) is 11.6. The molecule has 4 nitrogen and oxygen atoms in total. The molecule has 0 aromatic heterocycles. The van der Waals surface area contributed by atoms with E-state index in [0.29, 0.717) is 17.3 Å². The predicted molar refractivity (Wildman–Crippen MR) is 79.3 cm³/mol. The summed E-state index contributed by atoms with van der Waals surface area (Å²) in [5.41, 5.74) is 13.6. The number of nitrogen functional groups attached to an aromatic ring is 1. The molecular weight excluding hydrogens is 238 g/mol. The van der Waals surface area contributed by atoms with Gasteiger partial charge < -0.3 is 16.4 Å². The van der Waals surface area contributed by atoms with Crippen LogP contribution in [0.15, 0.2) is 18.2 Å². The highest BCUT2D eigenvalue weighted by molar-refractivity contribution is 5.94. The Morgan fingerprint density at radius 2 is 2.21 bits per heavy atom. The highest BCUT2D eigenvalue weighted by atomic mass is 16.1. The number of anilines is 2. The lowest BCUT2D eigenvalue weighted by molar-refractivity contribution is 0.100. The largest absolute Gasteiger partial charge is 0.397 e. The summed E-state index contributed by atoms with van der Waals surface area (Å²) in [5.74, 6) is -0.429. The molecule has 1 saturated heterocycles. The molecule has 19 heavy (non-hydrogen) atoms. The molecule has 1 aromatic rings. The fraction of sp³-hybridized carbons (Fsp3) is 0.533. The molecule has 1 heterocycles. The number of rotatable bonds is 4. The molecule has 1 amide bonds. The molecule has 0 spiro atoms. The minimum atomic E-state index is -0.429. The zero-order chi connectivity index (χ0) is 13.8. The lowest BCUT2D eigenvalue weighted by atomic mass is 9.97. The molecule has 1 aromatic carbocycles. The van der Waals surface area contributed by atoms with Crippen LogP contribution in [0.25, 0.3) is 0 Å². The standard InChI is InChI=1S/C15H23N3O/c1-2-5-12-6-3-4-9-18(12)14-8-7-11(15(17)19)10-13(14)16/h7-8,10,12H,2-6,9,16H2,1H3,(H2,17,19). The summed E-state index contributed by atoms with van der Waals surface area (Å²) < 4.78 is 0. The first-order valence-electron chi connectivity index (χ1n) is 7.09. The molecule has 0 saturated carbocycles. The summed E-state index contributed by atoms with van der Waals surface area (Å²) in [7, 11) is 0. The van der Waals surface area contributed by atoms with E-state index in [4.69, 9.17) is 11.5 Å². The van der Waals surface area contributed by atoms with E-state index in [2.05, 4.69) is 11.8 Å². The Hall–Kier alpha value is -1.71. The fourth-order valence-electron chi connectivity index (χ4n) is 2.92. The molecule has 1 aliphatic heterocycles. The van der Waals surface area contributed by atoms with Gasteiger partial charge in [0, 0.05) is 18.2 Å². The molecule has 0 radical (unpaired) electrons. The van der Waals surface area contributed by atoms with Gasteiger partial charge in [0.15, 0.2) is 0 Å². The molecule has 1 unspecified atom stereocenters. The average Bonchev–Trinajstić information content (AvgIpc) is 2.40. The van der Waals surface area contributed by atoms with Gasteiger partial charge in [0.2, 0.25) is 5.91 Å². The van der Waals surface area contributed by atoms with E-state index in [9.17, 15) is 4.79 Å². The maximum absolute atomic E-state index is 11.2. The number of benzene rings is 1. The Bertz CT molecular complexity index is 457. The number of nitrogens with two attached hydrogens (primary N) is 2. The van der Waals surface area contributed by atoms with Gasteiger partial charge in [-0.1, -0.05) is 13.3 Å². The summed E-state index contributed by atoms with van der Waals surface area (Å²) in [6.45, 7) is 3.26. The van der Waals surface area contributed by atoms with Crippen molar-refractivity contribution in [2.45, 2.75) is 45.1 Å². The van der Waals surface area contributed by atoms with E-state index in [1.165, 1.54) is 32.1 Å². The first-order chi connectivity index (χ1) is 9.13. The van der Waals surface area contributed by atoms with Crippen LogP contribution in [0.2, 0.25) is 0 Å². The van der Waals surface area contributed by atoms with Crippen LogP contribution in [-0.2, 0) is 0 Å². The molecule has 104 valence electrons. The molecule has 4 heteroatoms. The number of nitrogens with zero attached hydrogens (tertiary/aromatic N) is 1. The minimum Gasteiger partial charge on any atom is -0.397 e. The minimum absolute atomic E-state index is 0.429. The van der Waals surface area contributed by atoms with Crippen molar-refractivity contribution in [1.82, 2.24) is 0 Å². The smallest absolute Gasteiger partial charge is 0.248 e. The third-order valence-electron chi connectivity index (χ3n) is 3.87. The summed E-state index contributed by atoms with van der Waals surface area (Å²) in [5, 5.41) is 0. The maximum atomic E-state index is 11.2. The number of amides is 1. The Morgan fingerprint density at radius 1 is 1.42 bits per heavy atom. The van der Waals surface area contributed by atoms with Crippen LogP contribution < -0.4 is 16.4 Å². The van der Waals surface area contributed by atoms with Crippen LogP contribution in [0.4, 0.5) is 11.4 Å². The summed E-state index contributed by atoms with van der Waals surface area (Å²) in [6, 6.07) is 5.96. The van der Waals surface area contributed by atoms with Crippen molar-refractivity contribution in [2.75, 3.05) is 17.2 Å². The molecule has 1 fully saturated rings. The van der Waals surface area contributed by atoms with Gasteiger partial charge >= 0.3 is 0 Å². The molecule has 1 aliphatic rings. The number of piperidine rings is 1. The highest BCUT2D eigenvalue weighted by Gasteiger charge is 2.23. The maximum Gasteiger partial charge on any atom is 0.248 e. The second kappa shape index (κ2) is 5.95. The van der Waals surface area contributed by atoms with Crippen LogP contribution in [0.3, 0.4) is 0 Å². The SMILES string of the molecule is CCCC1CCCCN1c1ccc(C(N)=O)cc1N. The molecule has 4 N–H and O–H groups in total. The molecule has 0 bridgehead atoms. The van der Waals surface area contributed by atoms with Gasteiger partial charge in [-0.2, -0.15) is 0 Å². The van der Waals surface area contributed by atoms with Crippen molar-refractivity contribution < 1.29 is 4.79 Å². The van der Waals surface area contributed by atoms with Crippen molar-refractivity contribution >= 4 is 17.3 Å². The van der Waals surface area contributed by atoms with Gasteiger partial charge in [-0.05, 0) is 43.9 Å². The van der Waals surface area contributed by atoms with Crippen LogP contribution in [0, 0.1) is 0 Å². The molecule has 0 aliphatic carbocycles. The number of carbonyl (C=O) groups is 1. The summed E-state index contributed by atoms with van der Waals surface area (Å²) in [4.78, 5) is 13.6. The van der Waals surface area contributed by atoms with Gasteiger partial charge in [0.25, 0.3) is 0 Å². The monoisotopic (exact) mass is 261 g/mol. The fourth-order valence-corrected chi connectivity index (χ4v) is 2.92. The Balaban J connectivity index is 2.26. The Morgan fingerprint density at radius 3 is 2.84 bits per heavy atom. The number of hydrogen-bond acceptors (Lipinski definition) is 3. The van der Waals surface area contributed by atoms with Crippen LogP contribution in [-0.4, -0.2) is 18.5 Å². The molecule has 1 atom stereocenters. The van der Waals surface area contributed by atoms with Gasteiger partial charge in [0.05, 0.1) is 11.4 Å². The summed E-state index contributed by atoms with van der Waals surface area (Å²) >= 11 is 0. The van der Waals surface area contributed by atoms with E-state index in [1.807, 2.05) is 6.07 Å². The van der Waals surface area contributed by atoms with E-state index < -0.39 is 5.91 Å². The molecule has 2 rings (SSSR count). The van der Waals surface area contributed by atoms with Gasteiger partial charge in [-0.25, -0.2) is 0 Å². The quantitative estimate of drug-likeness (QED) is 0.818. The number of primary amides is 1. The topological polar surface area (TPSA) is 72.3 Å². The second-order valence-electron chi connectivity index (χ2n) is 5.27. The van der Waals surface area contributed by atoms with Crippen LogP contribution >= 0.6 is 0 Å². The summed E-state index contributed by atoms with van der Waals surface area (Å²) in [6.07, 6.45) is 6.10. The van der Waals surface area contributed by atoms with Gasteiger partial charge in [-0.3, -0.25) is 4.79 Å².